The Hall–Kier alpha value is -2.22. The molecule has 0 bridgehead atoms. The summed E-state index contributed by atoms with van der Waals surface area (Å²) in [4.78, 5) is -0.553. The molecule has 2 aromatic rings. The fourth-order valence-corrected chi connectivity index (χ4v) is 2.88. The second-order valence-electron chi connectivity index (χ2n) is 4.34. The van der Waals surface area contributed by atoms with Crippen molar-refractivity contribution in [2.45, 2.75) is 11.8 Å². The highest BCUT2D eigenvalue weighted by Gasteiger charge is 2.21. The first-order chi connectivity index (χ1) is 9.72. The minimum absolute atomic E-state index is 0.0284. The van der Waals surface area contributed by atoms with Gasteiger partial charge in [-0.3, -0.25) is 4.72 Å². The van der Waals surface area contributed by atoms with Crippen LogP contribution >= 0.6 is 0 Å². The van der Waals surface area contributed by atoms with Crippen LogP contribution < -0.4 is 10.5 Å². The van der Waals surface area contributed by atoms with E-state index in [1.165, 1.54) is 6.92 Å². The maximum Gasteiger partial charge on any atom is 0.264 e. The molecule has 0 heterocycles. The summed E-state index contributed by atoms with van der Waals surface area (Å²) in [5, 5.41) is 0. The van der Waals surface area contributed by atoms with Crippen molar-refractivity contribution in [1.29, 1.82) is 0 Å². The molecule has 0 saturated carbocycles. The summed E-state index contributed by atoms with van der Waals surface area (Å²) in [7, 11) is -4.34. The quantitative estimate of drug-likeness (QED) is 0.855. The van der Waals surface area contributed by atoms with E-state index in [0.29, 0.717) is 6.07 Å². The number of hydrogen-bond donors (Lipinski definition) is 2. The molecule has 0 spiro atoms. The molecule has 0 unspecified atom stereocenters. The average Bonchev–Trinajstić information content (AvgIpc) is 2.38. The summed E-state index contributed by atoms with van der Waals surface area (Å²) in [6.07, 6.45) is 0. The van der Waals surface area contributed by atoms with Gasteiger partial charge < -0.3 is 5.73 Å². The van der Waals surface area contributed by atoms with Gasteiger partial charge in [0.15, 0.2) is 0 Å². The Bertz CT molecular complexity index is 807. The van der Waals surface area contributed by atoms with Crippen molar-refractivity contribution in [3.05, 3.63) is 53.3 Å². The van der Waals surface area contributed by atoms with E-state index in [2.05, 4.69) is 0 Å². The normalized spacial score (nSPS) is 11.4. The Labute approximate surface area is 119 Å². The van der Waals surface area contributed by atoms with Crippen molar-refractivity contribution < 1.29 is 21.6 Å². The largest absolute Gasteiger partial charge is 0.395 e. The third kappa shape index (κ3) is 2.94. The number of benzene rings is 2. The highest BCUT2D eigenvalue weighted by Crippen LogP contribution is 2.26. The predicted molar refractivity (Wildman–Crippen MR) is 72.7 cm³/mol. The Kier molecular flexibility index (Phi) is 3.82. The standard InChI is InChI=1S/C13H11F3N2O2S/c1-7-5-10(16)11(6-9(7)15)18-21(19,20)12-4-2-3-8(14)13(12)17/h2-6,18H,17H2,1H3. The minimum atomic E-state index is -4.34. The van der Waals surface area contributed by atoms with Crippen LogP contribution in [0.15, 0.2) is 35.2 Å². The highest BCUT2D eigenvalue weighted by atomic mass is 32.2. The highest BCUT2D eigenvalue weighted by molar-refractivity contribution is 7.92. The summed E-state index contributed by atoms with van der Waals surface area (Å²) in [5.41, 5.74) is 4.20. The number of rotatable bonds is 3. The van der Waals surface area contributed by atoms with Crippen molar-refractivity contribution in [2.75, 3.05) is 10.5 Å². The number of para-hydroxylation sites is 1. The molecule has 2 aromatic carbocycles. The van der Waals surface area contributed by atoms with Crippen LogP contribution in [-0.2, 0) is 10.0 Å². The second-order valence-corrected chi connectivity index (χ2v) is 5.99. The van der Waals surface area contributed by atoms with Gasteiger partial charge in [-0.2, -0.15) is 0 Å². The number of aryl methyl sites for hydroxylation is 1. The molecule has 0 aliphatic carbocycles. The molecule has 8 heteroatoms. The average molecular weight is 316 g/mol. The van der Waals surface area contributed by atoms with Gasteiger partial charge in [0.1, 0.15) is 22.3 Å². The molecule has 0 atom stereocenters. The number of nitrogens with two attached hydrogens (primary N) is 1. The fraction of sp³-hybridized carbons (Fsp3) is 0.0769. The van der Waals surface area contributed by atoms with E-state index >= 15 is 0 Å². The minimum Gasteiger partial charge on any atom is -0.395 e. The van der Waals surface area contributed by atoms with Crippen molar-refractivity contribution in [3.63, 3.8) is 0 Å². The zero-order chi connectivity index (χ0) is 15.8. The fourth-order valence-electron chi connectivity index (χ4n) is 1.68. The second kappa shape index (κ2) is 5.28. The molecule has 0 aliphatic heterocycles. The lowest BCUT2D eigenvalue weighted by molar-refractivity contribution is 0.589. The van der Waals surface area contributed by atoms with Crippen molar-refractivity contribution in [1.82, 2.24) is 0 Å². The van der Waals surface area contributed by atoms with Gasteiger partial charge in [-0.1, -0.05) is 6.07 Å². The SMILES string of the molecule is Cc1cc(F)c(NS(=O)(=O)c2cccc(F)c2N)cc1F. The van der Waals surface area contributed by atoms with Gasteiger partial charge in [-0.15, -0.1) is 0 Å². The van der Waals surface area contributed by atoms with E-state index in [-0.39, 0.29) is 5.56 Å². The maximum absolute atomic E-state index is 13.7. The number of anilines is 2. The molecule has 0 fully saturated rings. The number of sulfonamides is 1. The summed E-state index contributed by atoms with van der Waals surface area (Å²) >= 11 is 0. The summed E-state index contributed by atoms with van der Waals surface area (Å²) in [6.45, 7) is 1.33. The van der Waals surface area contributed by atoms with Crippen LogP contribution in [0.1, 0.15) is 5.56 Å². The third-order valence-electron chi connectivity index (χ3n) is 2.80. The Balaban J connectivity index is 2.47. The van der Waals surface area contributed by atoms with Gasteiger partial charge >= 0.3 is 0 Å². The van der Waals surface area contributed by atoms with E-state index in [0.717, 1.165) is 24.3 Å². The van der Waals surface area contributed by atoms with E-state index < -0.39 is 43.7 Å². The van der Waals surface area contributed by atoms with Gasteiger partial charge in [0, 0.05) is 6.07 Å². The molecule has 0 radical (unpaired) electrons. The molecule has 2 rings (SSSR count). The first-order valence-electron chi connectivity index (χ1n) is 5.75. The van der Waals surface area contributed by atoms with Crippen molar-refractivity contribution in [3.8, 4) is 0 Å². The van der Waals surface area contributed by atoms with Gasteiger partial charge in [-0.05, 0) is 30.7 Å². The molecular formula is C13H11F3N2O2S. The molecule has 21 heavy (non-hydrogen) atoms. The summed E-state index contributed by atoms with van der Waals surface area (Å²) in [6, 6.07) is 4.75. The lowest BCUT2D eigenvalue weighted by Gasteiger charge is -2.12. The van der Waals surface area contributed by atoms with E-state index in [1.807, 2.05) is 4.72 Å². The lowest BCUT2D eigenvalue weighted by Crippen LogP contribution is -2.16. The summed E-state index contributed by atoms with van der Waals surface area (Å²) in [5.74, 6) is -2.65. The molecule has 0 aliphatic rings. The van der Waals surface area contributed by atoms with E-state index in [1.54, 1.807) is 0 Å². The van der Waals surface area contributed by atoms with E-state index in [4.69, 9.17) is 5.73 Å². The zero-order valence-electron chi connectivity index (χ0n) is 10.8. The van der Waals surface area contributed by atoms with Gasteiger partial charge in [0.2, 0.25) is 0 Å². The van der Waals surface area contributed by atoms with Crippen LogP contribution in [-0.4, -0.2) is 8.42 Å². The number of halogens is 3. The van der Waals surface area contributed by atoms with Crippen molar-refractivity contribution in [2.24, 2.45) is 0 Å². The topological polar surface area (TPSA) is 72.2 Å². The van der Waals surface area contributed by atoms with Crippen LogP contribution in [0.3, 0.4) is 0 Å². The van der Waals surface area contributed by atoms with E-state index in [9.17, 15) is 21.6 Å². The van der Waals surface area contributed by atoms with Gasteiger partial charge in [0.05, 0.1) is 11.4 Å². The molecule has 4 nitrogen and oxygen atoms in total. The predicted octanol–water partition coefficient (Wildman–Crippen LogP) is 2.80. The van der Waals surface area contributed by atoms with Gasteiger partial charge in [-0.25, -0.2) is 21.6 Å². The molecular weight excluding hydrogens is 305 g/mol. The number of nitrogens with one attached hydrogen (secondary N) is 1. The Morgan fingerprint density at radius 1 is 1.05 bits per heavy atom. The molecule has 0 saturated heterocycles. The van der Waals surface area contributed by atoms with Crippen LogP contribution in [0.4, 0.5) is 24.5 Å². The number of hydrogen-bond acceptors (Lipinski definition) is 3. The molecule has 0 amide bonds. The van der Waals surface area contributed by atoms with Gasteiger partial charge in [0.25, 0.3) is 10.0 Å². The summed E-state index contributed by atoms with van der Waals surface area (Å²) < 4.78 is 66.3. The molecule has 0 aromatic heterocycles. The lowest BCUT2D eigenvalue weighted by atomic mass is 10.2. The van der Waals surface area contributed by atoms with Crippen molar-refractivity contribution >= 4 is 21.4 Å². The zero-order valence-corrected chi connectivity index (χ0v) is 11.6. The first-order valence-corrected chi connectivity index (χ1v) is 7.23. The van der Waals surface area contributed by atoms with Crippen LogP contribution in [0.5, 0.6) is 0 Å². The monoisotopic (exact) mass is 316 g/mol. The molecule has 112 valence electrons. The third-order valence-corrected chi connectivity index (χ3v) is 4.22. The Morgan fingerprint density at radius 3 is 2.38 bits per heavy atom. The Morgan fingerprint density at radius 2 is 1.71 bits per heavy atom. The smallest absolute Gasteiger partial charge is 0.264 e. The maximum atomic E-state index is 13.7. The van der Waals surface area contributed by atoms with Crippen LogP contribution in [0, 0.1) is 24.4 Å². The molecule has 3 N–H and O–H groups in total. The first kappa shape index (κ1) is 15.2. The number of nitrogen functional groups attached to an aromatic ring is 1. The van der Waals surface area contributed by atoms with Crippen LogP contribution in [0.25, 0.3) is 0 Å². The van der Waals surface area contributed by atoms with Crippen LogP contribution in [0.2, 0.25) is 0 Å².